The minimum absolute atomic E-state index is 0.000665. The van der Waals surface area contributed by atoms with E-state index in [4.69, 9.17) is 14.3 Å². The highest BCUT2D eigenvalue weighted by molar-refractivity contribution is 5.85. The van der Waals surface area contributed by atoms with Gasteiger partial charge >= 0.3 is 6.09 Å². The van der Waals surface area contributed by atoms with E-state index >= 15 is 0 Å². The van der Waals surface area contributed by atoms with Crippen molar-refractivity contribution >= 4 is 12.0 Å². The number of carbonyl (C=O) groups excluding carboxylic acids is 2. The molecule has 0 fully saturated rings. The molecule has 0 bridgehead atoms. The van der Waals surface area contributed by atoms with Gasteiger partial charge in [0.1, 0.15) is 11.6 Å². The second kappa shape index (κ2) is 9.24. The fourth-order valence-electron chi connectivity index (χ4n) is 1.80. The van der Waals surface area contributed by atoms with Crippen LogP contribution in [0.2, 0.25) is 0 Å². The van der Waals surface area contributed by atoms with Crippen molar-refractivity contribution in [1.29, 1.82) is 0 Å². The first-order valence-corrected chi connectivity index (χ1v) is 7.66. The van der Waals surface area contributed by atoms with Crippen LogP contribution in [0.25, 0.3) is 0 Å². The predicted molar refractivity (Wildman–Crippen MR) is 89.0 cm³/mol. The summed E-state index contributed by atoms with van der Waals surface area (Å²) in [5.41, 5.74) is 0.316. The number of benzene rings is 1. The highest BCUT2D eigenvalue weighted by Crippen LogP contribution is 2.08. The number of ether oxygens (including phenoxy) is 2. The van der Waals surface area contributed by atoms with E-state index in [-0.39, 0.29) is 6.61 Å². The van der Waals surface area contributed by atoms with E-state index in [1.165, 1.54) is 14.2 Å². The van der Waals surface area contributed by atoms with Crippen molar-refractivity contribution in [1.82, 2.24) is 10.4 Å². The average molecular weight is 338 g/mol. The second-order valence-corrected chi connectivity index (χ2v) is 6.22. The van der Waals surface area contributed by atoms with Crippen molar-refractivity contribution in [3.8, 4) is 0 Å². The molecule has 0 aliphatic rings. The van der Waals surface area contributed by atoms with E-state index in [1.807, 2.05) is 30.3 Å². The van der Waals surface area contributed by atoms with Crippen molar-refractivity contribution in [3.05, 3.63) is 35.9 Å². The van der Waals surface area contributed by atoms with E-state index in [0.717, 1.165) is 10.6 Å². The molecule has 7 nitrogen and oxygen atoms in total. The zero-order chi connectivity index (χ0) is 18.2. The average Bonchev–Trinajstić information content (AvgIpc) is 2.51. The molecule has 1 N–H and O–H groups in total. The third-order valence-corrected chi connectivity index (χ3v) is 2.97. The molecule has 0 aliphatic carbocycles. The quantitative estimate of drug-likeness (QED) is 0.771. The molecule has 134 valence electrons. The zero-order valence-electron chi connectivity index (χ0n) is 14.9. The molecule has 24 heavy (non-hydrogen) atoms. The molecule has 7 heteroatoms. The first-order chi connectivity index (χ1) is 11.2. The maximum absolute atomic E-state index is 12.3. The number of hydrogen-bond acceptors (Lipinski definition) is 5. The van der Waals surface area contributed by atoms with E-state index in [0.29, 0.717) is 6.61 Å². The lowest BCUT2D eigenvalue weighted by molar-refractivity contribution is -0.172. The van der Waals surface area contributed by atoms with E-state index in [1.54, 1.807) is 20.8 Å². The SMILES string of the molecule is CON(C)C(=O)[C@@H](COCc1ccccc1)NC(=O)OC(C)(C)C. The monoisotopic (exact) mass is 338 g/mol. The molecule has 0 spiro atoms. The van der Waals surface area contributed by atoms with Gasteiger partial charge in [0.05, 0.1) is 20.3 Å². The van der Waals surface area contributed by atoms with Gasteiger partial charge < -0.3 is 14.8 Å². The Morgan fingerprint density at radius 2 is 1.83 bits per heavy atom. The summed E-state index contributed by atoms with van der Waals surface area (Å²) in [4.78, 5) is 29.1. The van der Waals surface area contributed by atoms with Gasteiger partial charge in [-0.05, 0) is 26.3 Å². The van der Waals surface area contributed by atoms with Crippen LogP contribution in [0.15, 0.2) is 30.3 Å². The fourth-order valence-corrected chi connectivity index (χ4v) is 1.80. The molecule has 2 amide bonds. The van der Waals surface area contributed by atoms with E-state index in [2.05, 4.69) is 5.32 Å². The van der Waals surface area contributed by atoms with Crippen LogP contribution in [0.3, 0.4) is 0 Å². The smallest absolute Gasteiger partial charge is 0.408 e. The molecule has 0 aromatic heterocycles. The Morgan fingerprint density at radius 1 is 1.21 bits per heavy atom. The van der Waals surface area contributed by atoms with Gasteiger partial charge in [0.15, 0.2) is 0 Å². The van der Waals surface area contributed by atoms with Gasteiger partial charge in [0, 0.05) is 7.05 Å². The van der Waals surface area contributed by atoms with Crippen LogP contribution in [-0.4, -0.2) is 49.5 Å². The number of nitrogens with one attached hydrogen (secondary N) is 1. The van der Waals surface area contributed by atoms with Crippen molar-refractivity contribution < 1.29 is 23.9 Å². The van der Waals surface area contributed by atoms with Crippen LogP contribution >= 0.6 is 0 Å². The van der Waals surface area contributed by atoms with Gasteiger partial charge in [-0.1, -0.05) is 30.3 Å². The normalized spacial score (nSPS) is 12.4. The highest BCUT2D eigenvalue weighted by Gasteiger charge is 2.27. The molecule has 0 unspecified atom stereocenters. The van der Waals surface area contributed by atoms with Crippen molar-refractivity contribution in [3.63, 3.8) is 0 Å². The number of likely N-dealkylation sites (N-methyl/N-ethyl adjacent to an activating group) is 1. The first kappa shape index (κ1) is 19.9. The van der Waals surface area contributed by atoms with Crippen LogP contribution in [0, 0.1) is 0 Å². The van der Waals surface area contributed by atoms with Gasteiger partial charge in [-0.2, -0.15) is 0 Å². The summed E-state index contributed by atoms with van der Waals surface area (Å²) >= 11 is 0. The number of hydrogen-bond donors (Lipinski definition) is 1. The van der Waals surface area contributed by atoms with Gasteiger partial charge in [-0.3, -0.25) is 9.63 Å². The lowest BCUT2D eigenvalue weighted by Crippen LogP contribution is -2.50. The molecule has 0 heterocycles. The molecule has 1 atom stereocenters. The van der Waals surface area contributed by atoms with Gasteiger partial charge in [0.2, 0.25) is 0 Å². The Balaban J connectivity index is 2.63. The Hall–Kier alpha value is -2.12. The molecule has 0 saturated carbocycles. The van der Waals surface area contributed by atoms with Crippen molar-refractivity contribution in [2.45, 2.75) is 39.0 Å². The minimum Gasteiger partial charge on any atom is -0.444 e. The first-order valence-electron chi connectivity index (χ1n) is 7.66. The zero-order valence-corrected chi connectivity index (χ0v) is 14.9. The standard InChI is InChI=1S/C17H26N2O5/c1-17(2,3)24-16(21)18-14(15(20)19(4)22-5)12-23-11-13-9-7-6-8-10-13/h6-10,14H,11-12H2,1-5H3,(H,18,21)/t14-/m1/s1. The lowest BCUT2D eigenvalue weighted by atomic mass is 10.2. The molecule has 0 aliphatic heterocycles. The molecule has 1 rings (SSSR count). The number of amides is 2. The molecule has 0 saturated heterocycles. The van der Waals surface area contributed by atoms with E-state index in [9.17, 15) is 9.59 Å². The summed E-state index contributed by atoms with van der Waals surface area (Å²) in [6.07, 6.45) is -0.686. The maximum Gasteiger partial charge on any atom is 0.408 e. The lowest BCUT2D eigenvalue weighted by Gasteiger charge is -2.25. The third-order valence-electron chi connectivity index (χ3n) is 2.97. The van der Waals surface area contributed by atoms with E-state index < -0.39 is 23.6 Å². The summed E-state index contributed by atoms with van der Waals surface area (Å²) in [7, 11) is 2.83. The van der Waals surface area contributed by atoms with Crippen LogP contribution in [0.5, 0.6) is 0 Å². The highest BCUT2D eigenvalue weighted by atomic mass is 16.7. The fraction of sp³-hybridized carbons (Fsp3) is 0.529. The van der Waals surface area contributed by atoms with Gasteiger partial charge in [-0.25, -0.2) is 9.86 Å². The van der Waals surface area contributed by atoms with Crippen LogP contribution in [-0.2, 0) is 25.7 Å². The molecule has 1 aromatic rings. The Bertz CT molecular complexity index is 528. The summed E-state index contributed by atoms with van der Waals surface area (Å²) in [6, 6.07) is 8.64. The third kappa shape index (κ3) is 7.43. The predicted octanol–water partition coefficient (Wildman–Crippen LogP) is 2.12. The van der Waals surface area contributed by atoms with Gasteiger partial charge in [-0.15, -0.1) is 0 Å². The number of rotatable bonds is 7. The Kier molecular flexibility index (Phi) is 7.67. The molecular weight excluding hydrogens is 312 g/mol. The summed E-state index contributed by atoms with van der Waals surface area (Å²) in [6.45, 7) is 5.57. The van der Waals surface area contributed by atoms with Crippen molar-refractivity contribution in [2.24, 2.45) is 0 Å². The Labute approximate surface area is 142 Å². The molecule has 1 aromatic carbocycles. The number of hydroxylamine groups is 2. The molecular formula is C17H26N2O5. The van der Waals surface area contributed by atoms with Crippen LogP contribution in [0.1, 0.15) is 26.3 Å². The minimum atomic E-state index is -0.909. The molecule has 0 radical (unpaired) electrons. The van der Waals surface area contributed by atoms with Gasteiger partial charge in [0.25, 0.3) is 5.91 Å². The van der Waals surface area contributed by atoms with Crippen LogP contribution in [0.4, 0.5) is 4.79 Å². The van der Waals surface area contributed by atoms with Crippen molar-refractivity contribution in [2.75, 3.05) is 20.8 Å². The number of alkyl carbamates (subject to hydrolysis) is 1. The summed E-state index contributed by atoms with van der Waals surface area (Å²) in [5.74, 6) is -0.434. The Morgan fingerprint density at radius 3 is 2.38 bits per heavy atom. The summed E-state index contributed by atoms with van der Waals surface area (Å²) in [5, 5.41) is 3.55. The maximum atomic E-state index is 12.3. The number of nitrogens with zero attached hydrogens (tertiary/aromatic N) is 1. The second-order valence-electron chi connectivity index (χ2n) is 6.22. The topological polar surface area (TPSA) is 77.1 Å². The largest absolute Gasteiger partial charge is 0.444 e. The van der Waals surface area contributed by atoms with Crippen LogP contribution < -0.4 is 5.32 Å². The summed E-state index contributed by atoms with van der Waals surface area (Å²) < 4.78 is 10.7. The number of carbonyl (C=O) groups is 2.